The third-order valence-corrected chi connectivity index (χ3v) is 6.06. The first-order chi connectivity index (χ1) is 10.4. The number of hydrogen-bond acceptors (Lipinski definition) is 5. The lowest BCUT2D eigenvalue weighted by atomic mass is 10.1. The van der Waals surface area contributed by atoms with E-state index in [-0.39, 0.29) is 22.8 Å². The number of amides is 1. The zero-order valence-electron chi connectivity index (χ0n) is 12.8. The molecule has 1 aliphatic carbocycles. The van der Waals surface area contributed by atoms with Crippen molar-refractivity contribution in [2.45, 2.75) is 50.5 Å². The summed E-state index contributed by atoms with van der Waals surface area (Å²) in [5.41, 5.74) is 0.367. The minimum absolute atomic E-state index is 0.129. The van der Waals surface area contributed by atoms with E-state index < -0.39 is 10.0 Å². The van der Waals surface area contributed by atoms with E-state index in [4.69, 9.17) is 4.52 Å². The van der Waals surface area contributed by atoms with Gasteiger partial charge in [-0.25, -0.2) is 13.1 Å². The Kier molecular flexibility index (Phi) is 3.98. The molecule has 1 amide bonds. The molecule has 0 spiro atoms. The molecule has 1 aromatic heterocycles. The molecule has 8 heteroatoms. The van der Waals surface area contributed by atoms with Crippen LogP contribution in [0, 0.1) is 19.8 Å². The van der Waals surface area contributed by atoms with Crippen LogP contribution >= 0.6 is 0 Å². The van der Waals surface area contributed by atoms with Crippen molar-refractivity contribution in [3.63, 3.8) is 0 Å². The summed E-state index contributed by atoms with van der Waals surface area (Å²) < 4.78 is 32.5. The Hall–Kier alpha value is -1.41. The van der Waals surface area contributed by atoms with Gasteiger partial charge in [0, 0.05) is 25.0 Å². The van der Waals surface area contributed by atoms with Crippen LogP contribution in [0.1, 0.15) is 37.1 Å². The lowest BCUT2D eigenvalue weighted by Gasteiger charge is -2.32. The Morgan fingerprint density at radius 2 is 1.86 bits per heavy atom. The molecule has 0 unspecified atom stereocenters. The summed E-state index contributed by atoms with van der Waals surface area (Å²) in [6.07, 6.45) is 3.27. The topological polar surface area (TPSA) is 92.5 Å². The second kappa shape index (κ2) is 5.66. The molecule has 2 aliphatic rings. The monoisotopic (exact) mass is 327 g/mol. The number of rotatable bonds is 4. The first kappa shape index (κ1) is 15.5. The van der Waals surface area contributed by atoms with Crippen molar-refractivity contribution in [1.82, 2.24) is 14.8 Å². The van der Waals surface area contributed by atoms with Gasteiger partial charge in [0.25, 0.3) is 0 Å². The van der Waals surface area contributed by atoms with E-state index in [9.17, 15) is 13.2 Å². The van der Waals surface area contributed by atoms with E-state index in [1.807, 2.05) is 4.90 Å². The molecule has 0 bridgehead atoms. The van der Waals surface area contributed by atoms with Gasteiger partial charge in [-0.3, -0.25) is 4.79 Å². The van der Waals surface area contributed by atoms with Gasteiger partial charge in [-0.2, -0.15) is 0 Å². The smallest absolute Gasteiger partial charge is 0.246 e. The van der Waals surface area contributed by atoms with Crippen LogP contribution in [0.3, 0.4) is 0 Å². The van der Waals surface area contributed by atoms with Gasteiger partial charge in [-0.15, -0.1) is 0 Å². The zero-order valence-corrected chi connectivity index (χ0v) is 13.6. The predicted molar refractivity (Wildman–Crippen MR) is 78.6 cm³/mol. The van der Waals surface area contributed by atoms with Crippen LogP contribution in [0.5, 0.6) is 0 Å². The molecule has 2 heterocycles. The van der Waals surface area contributed by atoms with Crippen LogP contribution in [0.2, 0.25) is 0 Å². The highest BCUT2D eigenvalue weighted by molar-refractivity contribution is 7.89. The van der Waals surface area contributed by atoms with E-state index >= 15 is 0 Å². The first-order valence-corrected chi connectivity index (χ1v) is 9.11. The molecule has 1 aliphatic heterocycles. The van der Waals surface area contributed by atoms with Gasteiger partial charge in [0.1, 0.15) is 10.6 Å². The molecule has 0 atom stereocenters. The lowest BCUT2D eigenvalue weighted by molar-refractivity contribution is -0.133. The van der Waals surface area contributed by atoms with Crippen molar-refractivity contribution in [2.75, 3.05) is 13.1 Å². The summed E-state index contributed by atoms with van der Waals surface area (Å²) in [6.45, 7) is 4.43. The molecule has 0 aromatic carbocycles. The highest BCUT2D eigenvalue weighted by Crippen LogP contribution is 2.32. The molecular formula is C14H21N3O4S. The molecule has 22 heavy (non-hydrogen) atoms. The number of hydrogen-bond donors (Lipinski definition) is 1. The van der Waals surface area contributed by atoms with Crippen molar-refractivity contribution < 1.29 is 17.7 Å². The van der Waals surface area contributed by atoms with Crippen LogP contribution in [-0.2, 0) is 14.8 Å². The Labute approximate surface area is 130 Å². The molecule has 0 radical (unpaired) electrons. The summed E-state index contributed by atoms with van der Waals surface area (Å²) in [5, 5.41) is 3.69. The largest absolute Gasteiger partial charge is 0.360 e. The number of piperidine rings is 1. The third-order valence-electron chi connectivity index (χ3n) is 4.29. The van der Waals surface area contributed by atoms with Gasteiger partial charge in [-0.05, 0) is 39.5 Å². The van der Waals surface area contributed by atoms with E-state index in [1.54, 1.807) is 13.8 Å². The number of nitrogens with zero attached hydrogens (tertiary/aromatic N) is 2. The number of carbonyl (C=O) groups excluding carboxylic acids is 1. The maximum atomic E-state index is 12.4. The van der Waals surface area contributed by atoms with Crippen molar-refractivity contribution in [2.24, 2.45) is 5.92 Å². The van der Waals surface area contributed by atoms with Crippen LogP contribution in [0.15, 0.2) is 9.42 Å². The maximum absolute atomic E-state index is 12.4. The minimum atomic E-state index is -3.63. The number of likely N-dealkylation sites (tertiary alicyclic amines) is 1. The quantitative estimate of drug-likeness (QED) is 0.889. The van der Waals surface area contributed by atoms with Crippen LogP contribution < -0.4 is 4.72 Å². The number of aryl methyl sites for hydroxylation is 2. The van der Waals surface area contributed by atoms with E-state index in [0.29, 0.717) is 37.4 Å². The number of aromatic nitrogens is 1. The molecule has 122 valence electrons. The highest BCUT2D eigenvalue weighted by atomic mass is 32.2. The van der Waals surface area contributed by atoms with Crippen molar-refractivity contribution in [3.8, 4) is 0 Å². The second-order valence-corrected chi connectivity index (χ2v) is 7.80. The van der Waals surface area contributed by atoms with E-state index in [1.165, 1.54) is 0 Å². The van der Waals surface area contributed by atoms with Crippen LogP contribution in [0.4, 0.5) is 0 Å². The standard InChI is InChI=1S/C14H21N3O4S/c1-9-13(10(2)21-15-9)22(19,20)16-12-5-7-17(8-6-12)14(18)11-3-4-11/h11-12,16H,3-8H2,1-2H3. The molecule has 3 rings (SSSR count). The fraction of sp³-hybridized carbons (Fsp3) is 0.714. The summed E-state index contributed by atoms with van der Waals surface area (Å²) >= 11 is 0. The molecule has 1 saturated carbocycles. The van der Waals surface area contributed by atoms with Gasteiger partial charge in [0.2, 0.25) is 15.9 Å². The number of sulfonamides is 1. The molecule has 1 N–H and O–H groups in total. The predicted octanol–water partition coefficient (Wildman–Crippen LogP) is 0.971. The average Bonchev–Trinajstić information content (AvgIpc) is 3.24. The van der Waals surface area contributed by atoms with Gasteiger partial charge in [0.05, 0.1) is 0 Å². The Balaban J connectivity index is 1.61. The Morgan fingerprint density at radius 1 is 1.23 bits per heavy atom. The van der Waals surface area contributed by atoms with Crippen LogP contribution in [0.25, 0.3) is 0 Å². The molecule has 7 nitrogen and oxygen atoms in total. The van der Waals surface area contributed by atoms with Gasteiger partial charge >= 0.3 is 0 Å². The van der Waals surface area contributed by atoms with Gasteiger partial charge in [0.15, 0.2) is 5.76 Å². The lowest BCUT2D eigenvalue weighted by Crippen LogP contribution is -2.47. The van der Waals surface area contributed by atoms with Crippen LogP contribution in [-0.4, -0.2) is 43.5 Å². The number of carbonyl (C=O) groups is 1. The number of nitrogens with one attached hydrogen (secondary N) is 1. The van der Waals surface area contributed by atoms with Crippen molar-refractivity contribution in [3.05, 3.63) is 11.5 Å². The summed E-state index contributed by atoms with van der Waals surface area (Å²) in [6, 6.07) is -0.151. The minimum Gasteiger partial charge on any atom is -0.360 e. The van der Waals surface area contributed by atoms with E-state index in [0.717, 1.165) is 12.8 Å². The normalized spacial score (nSPS) is 20.4. The fourth-order valence-electron chi connectivity index (χ4n) is 2.94. The SMILES string of the molecule is Cc1noc(C)c1S(=O)(=O)NC1CCN(C(=O)C2CC2)CC1. The third kappa shape index (κ3) is 3.03. The zero-order chi connectivity index (χ0) is 15.9. The van der Waals surface area contributed by atoms with Gasteiger partial charge < -0.3 is 9.42 Å². The second-order valence-electron chi connectivity index (χ2n) is 6.15. The van der Waals surface area contributed by atoms with Crippen molar-refractivity contribution >= 4 is 15.9 Å². The summed E-state index contributed by atoms with van der Waals surface area (Å²) in [4.78, 5) is 14.0. The van der Waals surface area contributed by atoms with Crippen molar-refractivity contribution in [1.29, 1.82) is 0 Å². The molecule has 1 saturated heterocycles. The highest BCUT2D eigenvalue weighted by Gasteiger charge is 2.36. The first-order valence-electron chi connectivity index (χ1n) is 7.62. The fourth-order valence-corrected chi connectivity index (χ4v) is 4.58. The van der Waals surface area contributed by atoms with E-state index in [2.05, 4.69) is 9.88 Å². The average molecular weight is 327 g/mol. The maximum Gasteiger partial charge on any atom is 0.246 e. The summed E-state index contributed by atoms with van der Waals surface area (Å²) in [7, 11) is -3.63. The Morgan fingerprint density at radius 3 is 2.36 bits per heavy atom. The molecule has 2 fully saturated rings. The van der Waals surface area contributed by atoms with Gasteiger partial charge in [-0.1, -0.05) is 5.16 Å². The molecular weight excluding hydrogens is 306 g/mol. The molecule has 1 aromatic rings. The summed E-state index contributed by atoms with van der Waals surface area (Å²) in [5.74, 6) is 0.744. The Bertz CT molecular complexity index is 651.